The topological polar surface area (TPSA) is 74.2 Å². The van der Waals surface area contributed by atoms with Crippen molar-refractivity contribution in [1.29, 1.82) is 0 Å². The third kappa shape index (κ3) is 3.95. The summed E-state index contributed by atoms with van der Waals surface area (Å²) in [7, 11) is 1.58. The second-order valence-corrected chi connectivity index (χ2v) is 5.23. The molecule has 0 aromatic heterocycles. The second kappa shape index (κ2) is 7.08. The predicted molar refractivity (Wildman–Crippen MR) is 81.1 cm³/mol. The molecule has 1 unspecified atom stereocenters. The summed E-state index contributed by atoms with van der Waals surface area (Å²) in [5.74, 6) is 0.742. The van der Waals surface area contributed by atoms with Crippen LogP contribution in [0.15, 0.2) is 29.4 Å². The zero-order chi connectivity index (χ0) is 15.2. The molecule has 2 rings (SSSR count). The van der Waals surface area contributed by atoms with Crippen LogP contribution in [0.1, 0.15) is 13.3 Å². The molecule has 114 valence electrons. The van der Waals surface area contributed by atoms with Crippen LogP contribution in [0.4, 0.5) is 5.69 Å². The maximum absolute atomic E-state index is 12.1. The van der Waals surface area contributed by atoms with Crippen LogP contribution in [0, 0.1) is 5.92 Å². The van der Waals surface area contributed by atoms with E-state index in [2.05, 4.69) is 15.4 Å². The Morgan fingerprint density at radius 1 is 1.52 bits per heavy atom. The van der Waals surface area contributed by atoms with Gasteiger partial charge in [0.1, 0.15) is 5.75 Å². The number of benzene rings is 1. The summed E-state index contributed by atoms with van der Waals surface area (Å²) < 4.78 is 5.21. The number of hydrogen-bond donors (Lipinski definition) is 2. The Morgan fingerprint density at radius 2 is 2.29 bits per heavy atom. The molecule has 1 aliphatic heterocycles. The summed E-state index contributed by atoms with van der Waals surface area (Å²) in [5.41, 5.74) is 1.48. The van der Waals surface area contributed by atoms with Crippen molar-refractivity contribution < 1.29 is 14.7 Å². The van der Waals surface area contributed by atoms with Gasteiger partial charge in [-0.15, -0.1) is 0 Å². The Labute approximate surface area is 124 Å². The van der Waals surface area contributed by atoms with Crippen LogP contribution in [0.3, 0.4) is 0 Å². The minimum absolute atomic E-state index is 0.0731. The zero-order valence-corrected chi connectivity index (χ0v) is 12.4. The highest BCUT2D eigenvalue weighted by Gasteiger charge is 2.24. The van der Waals surface area contributed by atoms with Crippen LogP contribution in [0.5, 0.6) is 5.75 Å². The molecule has 1 heterocycles. The van der Waals surface area contributed by atoms with Gasteiger partial charge >= 0.3 is 0 Å². The largest absolute Gasteiger partial charge is 0.495 e. The molecule has 0 saturated carbocycles. The van der Waals surface area contributed by atoms with E-state index in [9.17, 15) is 4.79 Å². The van der Waals surface area contributed by atoms with E-state index in [0.29, 0.717) is 24.4 Å². The van der Waals surface area contributed by atoms with Gasteiger partial charge in [-0.05, 0) is 12.1 Å². The SMILES string of the molecule is COc1ccccc1NC(=O)CN1CC/C(=N/O)C(C)C1. The minimum atomic E-state index is -0.0731. The Balaban J connectivity index is 1.91. The number of rotatable bonds is 4. The maximum atomic E-state index is 12.1. The number of para-hydroxylation sites is 2. The Morgan fingerprint density at radius 3 is 2.95 bits per heavy atom. The van der Waals surface area contributed by atoms with Crippen molar-refractivity contribution in [1.82, 2.24) is 4.90 Å². The molecule has 2 N–H and O–H groups in total. The Bertz CT molecular complexity index is 531. The van der Waals surface area contributed by atoms with Crippen molar-refractivity contribution in [2.24, 2.45) is 11.1 Å². The van der Waals surface area contributed by atoms with Gasteiger partial charge < -0.3 is 15.3 Å². The van der Waals surface area contributed by atoms with Gasteiger partial charge in [-0.25, -0.2) is 0 Å². The molecule has 0 spiro atoms. The van der Waals surface area contributed by atoms with Crippen LogP contribution < -0.4 is 10.1 Å². The highest BCUT2D eigenvalue weighted by molar-refractivity contribution is 5.94. The molecule has 6 nitrogen and oxygen atoms in total. The first kappa shape index (κ1) is 15.3. The third-order valence-electron chi connectivity index (χ3n) is 3.66. The standard InChI is InChI=1S/C15H21N3O3/c1-11-9-18(8-7-12(11)17-20)10-15(19)16-13-5-3-4-6-14(13)21-2/h3-6,11,20H,7-10H2,1-2H3,(H,16,19)/b17-12-. The van der Waals surface area contributed by atoms with Crippen molar-refractivity contribution >= 4 is 17.3 Å². The first-order chi connectivity index (χ1) is 10.1. The number of likely N-dealkylation sites (tertiary alicyclic amines) is 1. The first-order valence-electron chi connectivity index (χ1n) is 7.00. The summed E-state index contributed by atoms with van der Waals surface area (Å²) in [5, 5.41) is 15.0. The van der Waals surface area contributed by atoms with Gasteiger partial charge in [-0.3, -0.25) is 9.69 Å². The molecule has 1 aliphatic rings. The van der Waals surface area contributed by atoms with Crippen molar-refractivity contribution in [3.05, 3.63) is 24.3 Å². The number of hydrogen-bond acceptors (Lipinski definition) is 5. The molecule has 0 aliphatic carbocycles. The van der Waals surface area contributed by atoms with Gasteiger partial charge in [0.05, 0.1) is 25.1 Å². The number of carbonyl (C=O) groups excluding carboxylic acids is 1. The van der Waals surface area contributed by atoms with Gasteiger partial charge in [-0.2, -0.15) is 0 Å². The molecular formula is C15H21N3O3. The quantitative estimate of drug-likeness (QED) is 0.655. The average Bonchev–Trinajstić information content (AvgIpc) is 2.48. The highest BCUT2D eigenvalue weighted by atomic mass is 16.5. The van der Waals surface area contributed by atoms with Crippen LogP contribution in [-0.2, 0) is 4.79 Å². The van der Waals surface area contributed by atoms with Crippen molar-refractivity contribution in [2.45, 2.75) is 13.3 Å². The molecule has 0 radical (unpaired) electrons. The van der Waals surface area contributed by atoms with Gasteiger partial charge in [0.15, 0.2) is 0 Å². The number of ether oxygens (including phenoxy) is 1. The van der Waals surface area contributed by atoms with Crippen molar-refractivity contribution in [3.8, 4) is 5.75 Å². The smallest absolute Gasteiger partial charge is 0.238 e. The number of nitrogens with one attached hydrogen (secondary N) is 1. The molecule has 1 aromatic carbocycles. The van der Waals surface area contributed by atoms with E-state index in [1.165, 1.54) is 0 Å². The summed E-state index contributed by atoms with van der Waals surface area (Å²) in [6.07, 6.45) is 0.694. The number of carbonyl (C=O) groups is 1. The van der Waals surface area contributed by atoms with E-state index < -0.39 is 0 Å². The molecule has 1 saturated heterocycles. The molecule has 1 aromatic rings. The van der Waals surface area contributed by atoms with Gasteiger partial charge in [0.2, 0.25) is 5.91 Å². The fourth-order valence-corrected chi connectivity index (χ4v) is 2.54. The highest BCUT2D eigenvalue weighted by Crippen LogP contribution is 2.23. The summed E-state index contributed by atoms with van der Waals surface area (Å²) >= 11 is 0. The number of nitrogens with zero attached hydrogens (tertiary/aromatic N) is 2. The van der Waals surface area contributed by atoms with Gasteiger partial charge in [0, 0.05) is 25.4 Å². The van der Waals surface area contributed by atoms with Crippen molar-refractivity contribution in [3.63, 3.8) is 0 Å². The summed E-state index contributed by atoms with van der Waals surface area (Å²) in [6.45, 7) is 3.77. The minimum Gasteiger partial charge on any atom is -0.495 e. The number of piperidine rings is 1. The Hall–Kier alpha value is -2.08. The van der Waals surface area contributed by atoms with E-state index in [4.69, 9.17) is 9.94 Å². The number of anilines is 1. The summed E-state index contributed by atoms with van der Waals surface area (Å²) in [6, 6.07) is 7.33. The fourth-order valence-electron chi connectivity index (χ4n) is 2.54. The molecule has 1 amide bonds. The predicted octanol–water partition coefficient (Wildman–Crippen LogP) is 1.81. The zero-order valence-electron chi connectivity index (χ0n) is 12.4. The lowest BCUT2D eigenvalue weighted by Crippen LogP contribution is -2.43. The van der Waals surface area contributed by atoms with E-state index in [0.717, 1.165) is 18.8 Å². The van der Waals surface area contributed by atoms with E-state index in [-0.39, 0.29) is 11.8 Å². The third-order valence-corrected chi connectivity index (χ3v) is 3.66. The average molecular weight is 291 g/mol. The Kier molecular flexibility index (Phi) is 5.16. The van der Waals surface area contributed by atoms with E-state index in [1.807, 2.05) is 31.2 Å². The molecule has 0 bridgehead atoms. The molecule has 21 heavy (non-hydrogen) atoms. The fraction of sp³-hybridized carbons (Fsp3) is 0.467. The molecule has 1 fully saturated rings. The van der Waals surface area contributed by atoms with Crippen molar-refractivity contribution in [2.75, 3.05) is 32.1 Å². The van der Waals surface area contributed by atoms with Crippen LogP contribution >= 0.6 is 0 Å². The number of amides is 1. The van der Waals surface area contributed by atoms with E-state index in [1.54, 1.807) is 7.11 Å². The number of oxime groups is 1. The maximum Gasteiger partial charge on any atom is 0.238 e. The monoisotopic (exact) mass is 291 g/mol. The second-order valence-electron chi connectivity index (χ2n) is 5.23. The molecule has 1 atom stereocenters. The van der Waals surface area contributed by atoms with Crippen LogP contribution in [0.2, 0.25) is 0 Å². The van der Waals surface area contributed by atoms with Crippen LogP contribution in [-0.4, -0.2) is 48.5 Å². The first-order valence-corrected chi connectivity index (χ1v) is 7.00. The van der Waals surface area contributed by atoms with Gasteiger partial charge in [-0.1, -0.05) is 24.2 Å². The van der Waals surface area contributed by atoms with Gasteiger partial charge in [0.25, 0.3) is 0 Å². The molecular weight excluding hydrogens is 270 g/mol. The lowest BCUT2D eigenvalue weighted by atomic mass is 9.98. The van der Waals surface area contributed by atoms with E-state index >= 15 is 0 Å². The number of methoxy groups -OCH3 is 1. The lowest BCUT2D eigenvalue weighted by molar-refractivity contribution is -0.117. The normalized spacial score (nSPS) is 21.2. The van der Waals surface area contributed by atoms with Crippen LogP contribution in [0.25, 0.3) is 0 Å². The lowest BCUT2D eigenvalue weighted by Gasteiger charge is -2.30. The summed E-state index contributed by atoms with van der Waals surface area (Å²) in [4.78, 5) is 14.2. The molecule has 6 heteroatoms.